The van der Waals surface area contributed by atoms with E-state index in [1.807, 2.05) is 20.8 Å². The summed E-state index contributed by atoms with van der Waals surface area (Å²) in [5.41, 5.74) is -0.455. The van der Waals surface area contributed by atoms with Crippen molar-refractivity contribution in [2.75, 3.05) is 5.32 Å². The van der Waals surface area contributed by atoms with Gasteiger partial charge in [0, 0.05) is 16.2 Å². The van der Waals surface area contributed by atoms with Gasteiger partial charge in [-0.2, -0.15) is 0 Å². The van der Waals surface area contributed by atoms with Gasteiger partial charge in [0.05, 0.1) is 5.41 Å². The van der Waals surface area contributed by atoms with E-state index in [-0.39, 0.29) is 16.9 Å². The molecule has 0 atom stereocenters. The number of hydrogen-bond donors (Lipinski definition) is 2. The molecule has 0 aliphatic heterocycles. The van der Waals surface area contributed by atoms with Gasteiger partial charge in [0.25, 0.3) is 0 Å². The number of rotatable bonds is 3. The first kappa shape index (κ1) is 17.1. The van der Waals surface area contributed by atoms with Crippen LogP contribution in [0.4, 0.5) is 10.5 Å². The quantitative estimate of drug-likeness (QED) is 0.861. The molecule has 2 amide bonds. The number of ether oxygens (including phenoxy) is 1. The van der Waals surface area contributed by atoms with Crippen LogP contribution < -0.4 is 10.6 Å². The first-order chi connectivity index (χ1) is 11.1. The number of fused-ring (bicyclic) bond motifs is 1. The number of nitrogens with one attached hydrogen (secondary N) is 2. The van der Waals surface area contributed by atoms with Crippen molar-refractivity contribution in [3.63, 3.8) is 0 Å². The van der Waals surface area contributed by atoms with E-state index in [4.69, 9.17) is 16.3 Å². The molecular weight excluding hydrogens is 328 g/mol. The zero-order valence-corrected chi connectivity index (χ0v) is 15.0. The molecule has 4 rings (SSSR count). The summed E-state index contributed by atoms with van der Waals surface area (Å²) < 4.78 is 5.33. The van der Waals surface area contributed by atoms with Gasteiger partial charge in [-0.05, 0) is 70.7 Å². The second-order valence-electron chi connectivity index (χ2n) is 8.00. The van der Waals surface area contributed by atoms with E-state index in [1.165, 1.54) is 0 Å². The van der Waals surface area contributed by atoms with Crippen molar-refractivity contribution in [1.82, 2.24) is 5.32 Å². The summed E-state index contributed by atoms with van der Waals surface area (Å²) >= 11 is 5.86. The Morgan fingerprint density at radius 1 is 1.12 bits per heavy atom. The normalized spacial score (nSPS) is 28.0. The summed E-state index contributed by atoms with van der Waals surface area (Å²) in [6.45, 7) is 5.51. The van der Waals surface area contributed by atoms with Gasteiger partial charge >= 0.3 is 6.09 Å². The van der Waals surface area contributed by atoms with Gasteiger partial charge in [-0.3, -0.25) is 4.79 Å². The fraction of sp³-hybridized carbons (Fsp3) is 0.556. The molecule has 24 heavy (non-hydrogen) atoms. The van der Waals surface area contributed by atoms with E-state index in [2.05, 4.69) is 10.6 Å². The topological polar surface area (TPSA) is 67.4 Å². The van der Waals surface area contributed by atoms with Crippen molar-refractivity contribution >= 4 is 29.3 Å². The lowest BCUT2D eigenvalue weighted by molar-refractivity contribution is -0.130. The Bertz CT molecular complexity index is 658. The van der Waals surface area contributed by atoms with E-state index in [1.54, 1.807) is 24.3 Å². The third-order valence-corrected chi connectivity index (χ3v) is 5.04. The number of anilines is 1. The molecule has 3 fully saturated rings. The van der Waals surface area contributed by atoms with E-state index >= 15 is 0 Å². The van der Waals surface area contributed by atoms with E-state index in [9.17, 15) is 9.59 Å². The highest BCUT2D eigenvalue weighted by molar-refractivity contribution is 6.30. The predicted molar refractivity (Wildman–Crippen MR) is 93.1 cm³/mol. The van der Waals surface area contributed by atoms with E-state index < -0.39 is 11.7 Å². The van der Waals surface area contributed by atoms with E-state index in [0.29, 0.717) is 17.9 Å². The standard InChI is InChI=1S/C18H23ClN2O3/c1-16(2,3)24-15(23)21-18-9-8-17(10-18,11-18)14(22)20-13-6-4-12(19)5-7-13/h4-7H,8-11H2,1-3H3,(H,20,22)(H,21,23). The van der Waals surface area contributed by atoms with Gasteiger partial charge in [-0.15, -0.1) is 0 Å². The van der Waals surface area contributed by atoms with Crippen LogP contribution >= 0.6 is 11.6 Å². The number of alkyl carbamates (subject to hydrolysis) is 1. The maximum Gasteiger partial charge on any atom is 0.408 e. The van der Waals surface area contributed by atoms with E-state index in [0.717, 1.165) is 18.5 Å². The molecule has 0 radical (unpaired) electrons. The maximum atomic E-state index is 12.6. The number of benzene rings is 1. The number of hydrogen-bond acceptors (Lipinski definition) is 3. The minimum Gasteiger partial charge on any atom is -0.444 e. The molecule has 0 unspecified atom stereocenters. The van der Waals surface area contributed by atoms with Crippen LogP contribution in [-0.4, -0.2) is 23.1 Å². The molecule has 3 aliphatic carbocycles. The second kappa shape index (κ2) is 5.66. The average Bonchev–Trinajstić information content (AvgIpc) is 2.95. The molecule has 1 aromatic carbocycles. The van der Waals surface area contributed by atoms with Crippen molar-refractivity contribution in [3.05, 3.63) is 29.3 Å². The predicted octanol–water partition coefficient (Wildman–Crippen LogP) is 4.12. The Hall–Kier alpha value is -1.75. The summed E-state index contributed by atoms with van der Waals surface area (Å²) in [4.78, 5) is 24.6. The lowest BCUT2D eigenvalue weighted by atomic mass is 9.64. The largest absolute Gasteiger partial charge is 0.444 e. The highest BCUT2D eigenvalue weighted by Gasteiger charge is 2.65. The van der Waals surface area contributed by atoms with Crippen LogP contribution in [0.1, 0.15) is 46.5 Å². The number of halogens is 1. The van der Waals surface area contributed by atoms with Gasteiger partial charge < -0.3 is 15.4 Å². The number of amides is 2. The van der Waals surface area contributed by atoms with Crippen LogP contribution in [-0.2, 0) is 9.53 Å². The molecule has 6 heteroatoms. The Morgan fingerprint density at radius 2 is 1.75 bits per heavy atom. The fourth-order valence-corrected chi connectivity index (χ4v) is 3.94. The summed E-state index contributed by atoms with van der Waals surface area (Å²) in [5.74, 6) is 0.0175. The summed E-state index contributed by atoms with van der Waals surface area (Å²) in [6, 6.07) is 7.07. The molecule has 5 nitrogen and oxygen atoms in total. The Kier molecular flexibility index (Phi) is 4.03. The molecular formula is C18H23ClN2O3. The molecule has 0 aromatic heterocycles. The Morgan fingerprint density at radius 3 is 2.33 bits per heavy atom. The highest BCUT2D eigenvalue weighted by Crippen LogP contribution is 2.61. The van der Waals surface area contributed by atoms with Gasteiger partial charge in [-0.1, -0.05) is 11.6 Å². The van der Waals surface area contributed by atoms with Gasteiger partial charge in [0.2, 0.25) is 5.91 Å². The van der Waals surface area contributed by atoms with Crippen LogP contribution in [0.15, 0.2) is 24.3 Å². The van der Waals surface area contributed by atoms with Gasteiger partial charge in [0.1, 0.15) is 5.60 Å². The SMILES string of the molecule is CC(C)(C)OC(=O)NC12CCC(C(=O)Nc3ccc(Cl)cc3)(C1)C2. The van der Waals surface area contributed by atoms with Crippen LogP contribution in [0.2, 0.25) is 5.02 Å². The molecule has 2 N–H and O–H groups in total. The molecule has 0 spiro atoms. The minimum atomic E-state index is -0.522. The summed E-state index contributed by atoms with van der Waals surface area (Å²) in [7, 11) is 0. The zero-order valence-electron chi connectivity index (χ0n) is 14.2. The van der Waals surface area contributed by atoms with Crippen LogP contribution in [0, 0.1) is 5.41 Å². The summed E-state index contributed by atoms with van der Waals surface area (Å²) in [5, 5.41) is 6.56. The van der Waals surface area contributed by atoms with Crippen molar-refractivity contribution in [3.8, 4) is 0 Å². The molecule has 3 aliphatic rings. The monoisotopic (exact) mass is 350 g/mol. The smallest absolute Gasteiger partial charge is 0.408 e. The van der Waals surface area contributed by atoms with Crippen LogP contribution in [0.3, 0.4) is 0 Å². The van der Waals surface area contributed by atoms with Gasteiger partial charge in [0.15, 0.2) is 0 Å². The van der Waals surface area contributed by atoms with Crippen molar-refractivity contribution in [1.29, 1.82) is 0 Å². The number of carbonyl (C=O) groups excluding carboxylic acids is 2. The van der Waals surface area contributed by atoms with Crippen LogP contribution in [0.5, 0.6) is 0 Å². The first-order valence-electron chi connectivity index (χ1n) is 8.20. The third kappa shape index (κ3) is 3.36. The third-order valence-electron chi connectivity index (χ3n) is 4.79. The lowest BCUT2D eigenvalue weighted by Crippen LogP contribution is -2.59. The average molecular weight is 351 g/mol. The molecule has 0 heterocycles. The van der Waals surface area contributed by atoms with Crippen LogP contribution in [0.25, 0.3) is 0 Å². The minimum absolute atomic E-state index is 0.0175. The number of carbonyl (C=O) groups is 2. The Labute approximate surface area is 147 Å². The Balaban J connectivity index is 1.58. The van der Waals surface area contributed by atoms with Crippen molar-refractivity contribution in [2.45, 2.75) is 57.6 Å². The summed E-state index contributed by atoms with van der Waals surface area (Å²) in [6.07, 6.45) is 2.51. The second-order valence-corrected chi connectivity index (χ2v) is 8.44. The molecule has 2 bridgehead atoms. The van der Waals surface area contributed by atoms with Gasteiger partial charge in [-0.25, -0.2) is 4.79 Å². The molecule has 3 saturated carbocycles. The molecule has 1 aromatic rings. The zero-order chi connectivity index (χ0) is 17.6. The molecule has 130 valence electrons. The molecule has 0 saturated heterocycles. The van der Waals surface area contributed by atoms with Crippen molar-refractivity contribution in [2.24, 2.45) is 5.41 Å². The fourth-order valence-electron chi connectivity index (χ4n) is 3.82. The lowest BCUT2D eigenvalue weighted by Gasteiger charge is -2.46. The van der Waals surface area contributed by atoms with Crippen molar-refractivity contribution < 1.29 is 14.3 Å². The maximum absolute atomic E-state index is 12.6. The highest BCUT2D eigenvalue weighted by atomic mass is 35.5. The first-order valence-corrected chi connectivity index (χ1v) is 8.58.